The van der Waals surface area contributed by atoms with E-state index < -0.39 is 0 Å². The van der Waals surface area contributed by atoms with Gasteiger partial charge >= 0.3 is 0 Å². The Morgan fingerprint density at radius 3 is 3.13 bits per heavy atom. The largest absolute Gasteiger partial charge is 0.368 e. The second-order valence-electron chi connectivity index (χ2n) is 3.49. The fraction of sp³-hybridized carbons (Fsp3) is 0.200. The minimum absolute atomic E-state index is 0.973. The first-order valence-corrected chi connectivity index (χ1v) is 5.56. The maximum absolute atomic E-state index is 4.22. The summed E-state index contributed by atoms with van der Waals surface area (Å²) in [5.74, 6) is 0.977. The first kappa shape index (κ1) is 8.91. The van der Waals surface area contributed by atoms with Crippen LogP contribution in [-0.4, -0.2) is 21.7 Å². The quantitative estimate of drug-likeness (QED) is 0.831. The summed E-state index contributed by atoms with van der Waals surface area (Å²) in [6.45, 7) is 0.973. The van der Waals surface area contributed by atoms with Crippen molar-refractivity contribution in [2.24, 2.45) is 0 Å². The molecule has 1 aliphatic heterocycles. The molecule has 0 atom stereocenters. The van der Waals surface area contributed by atoms with Crippen molar-refractivity contribution in [1.29, 1.82) is 0 Å². The molecule has 4 nitrogen and oxygen atoms in total. The van der Waals surface area contributed by atoms with Crippen molar-refractivity contribution in [2.75, 3.05) is 11.9 Å². The molecule has 3 rings (SSSR count). The predicted molar refractivity (Wildman–Crippen MR) is 61.7 cm³/mol. The number of anilines is 1. The standard InChI is InChI=1S/C10H9BrN4/c11-7-3-6(4-12-5-7)9-8-1-2-13-10(8)15-14-9/h3-5H,1-2H2,(H2,13,14,15). The van der Waals surface area contributed by atoms with Crippen LogP contribution in [0, 0.1) is 0 Å². The molecule has 3 heterocycles. The van der Waals surface area contributed by atoms with E-state index in [9.17, 15) is 0 Å². The van der Waals surface area contributed by atoms with Crippen LogP contribution < -0.4 is 5.32 Å². The van der Waals surface area contributed by atoms with Gasteiger partial charge in [-0.1, -0.05) is 0 Å². The average Bonchev–Trinajstić information content (AvgIpc) is 2.77. The molecular formula is C10H9BrN4. The normalized spacial score (nSPS) is 13.7. The van der Waals surface area contributed by atoms with Gasteiger partial charge in [0.05, 0.1) is 5.69 Å². The van der Waals surface area contributed by atoms with Crippen LogP contribution in [0.1, 0.15) is 5.56 Å². The zero-order valence-electron chi connectivity index (χ0n) is 7.92. The molecule has 1 aliphatic rings. The molecular weight excluding hydrogens is 256 g/mol. The Kier molecular flexibility index (Phi) is 1.98. The van der Waals surface area contributed by atoms with Gasteiger partial charge in [-0.25, -0.2) is 0 Å². The average molecular weight is 265 g/mol. The van der Waals surface area contributed by atoms with Crippen LogP contribution in [0.2, 0.25) is 0 Å². The summed E-state index contributed by atoms with van der Waals surface area (Å²) in [6.07, 6.45) is 4.64. The van der Waals surface area contributed by atoms with Gasteiger partial charge < -0.3 is 5.32 Å². The molecule has 76 valence electrons. The van der Waals surface area contributed by atoms with Gasteiger partial charge in [0.15, 0.2) is 5.82 Å². The summed E-state index contributed by atoms with van der Waals surface area (Å²) in [5, 5.41) is 10.5. The van der Waals surface area contributed by atoms with Gasteiger partial charge in [-0.15, -0.1) is 0 Å². The Hall–Kier alpha value is -1.36. The smallest absolute Gasteiger partial charge is 0.151 e. The number of aromatic nitrogens is 3. The highest BCUT2D eigenvalue weighted by atomic mass is 79.9. The molecule has 0 amide bonds. The maximum atomic E-state index is 4.22. The monoisotopic (exact) mass is 264 g/mol. The van der Waals surface area contributed by atoms with E-state index in [1.54, 1.807) is 6.20 Å². The lowest BCUT2D eigenvalue weighted by molar-refractivity contribution is 1.04. The molecule has 0 bridgehead atoms. The molecule has 0 aliphatic carbocycles. The lowest BCUT2D eigenvalue weighted by Gasteiger charge is -1.99. The van der Waals surface area contributed by atoms with Gasteiger partial charge in [-0.05, 0) is 28.4 Å². The summed E-state index contributed by atoms with van der Waals surface area (Å²) in [7, 11) is 0. The molecule has 15 heavy (non-hydrogen) atoms. The van der Waals surface area contributed by atoms with Crippen molar-refractivity contribution in [2.45, 2.75) is 6.42 Å². The van der Waals surface area contributed by atoms with Crippen LogP contribution >= 0.6 is 15.9 Å². The van der Waals surface area contributed by atoms with Crippen molar-refractivity contribution in [3.63, 3.8) is 0 Å². The molecule has 2 aromatic rings. The second-order valence-corrected chi connectivity index (χ2v) is 4.41. The van der Waals surface area contributed by atoms with Crippen LogP contribution in [0.15, 0.2) is 22.9 Å². The van der Waals surface area contributed by atoms with Gasteiger partial charge in [0.1, 0.15) is 0 Å². The predicted octanol–water partition coefficient (Wildman–Crippen LogP) is 2.20. The van der Waals surface area contributed by atoms with E-state index in [4.69, 9.17) is 0 Å². The Morgan fingerprint density at radius 1 is 1.33 bits per heavy atom. The molecule has 5 heteroatoms. The molecule has 0 saturated carbocycles. The second kappa shape index (κ2) is 3.34. The molecule has 0 radical (unpaired) electrons. The summed E-state index contributed by atoms with van der Waals surface area (Å²) >= 11 is 3.42. The number of pyridine rings is 1. The molecule has 0 spiro atoms. The summed E-state index contributed by atoms with van der Waals surface area (Å²) < 4.78 is 0.981. The van der Waals surface area contributed by atoms with Crippen LogP contribution in [0.5, 0.6) is 0 Å². The molecule has 2 aromatic heterocycles. The van der Waals surface area contributed by atoms with E-state index in [-0.39, 0.29) is 0 Å². The topological polar surface area (TPSA) is 53.6 Å². The number of H-pyrrole nitrogens is 1. The Balaban J connectivity index is 2.13. The maximum Gasteiger partial charge on any atom is 0.151 e. The number of rotatable bonds is 1. The van der Waals surface area contributed by atoms with Crippen molar-refractivity contribution in [1.82, 2.24) is 15.2 Å². The molecule has 2 N–H and O–H groups in total. The number of fused-ring (bicyclic) bond motifs is 1. The van der Waals surface area contributed by atoms with E-state index in [1.807, 2.05) is 12.3 Å². The number of halogens is 1. The summed E-state index contributed by atoms with van der Waals surface area (Å²) in [5.41, 5.74) is 3.40. The van der Waals surface area contributed by atoms with E-state index >= 15 is 0 Å². The third kappa shape index (κ3) is 1.43. The molecule has 0 fully saturated rings. The summed E-state index contributed by atoms with van der Waals surface area (Å²) in [4.78, 5) is 4.15. The highest BCUT2D eigenvalue weighted by Crippen LogP contribution is 2.30. The van der Waals surface area contributed by atoms with Crippen LogP contribution in [-0.2, 0) is 6.42 Å². The fourth-order valence-corrected chi connectivity index (χ4v) is 2.21. The first-order chi connectivity index (χ1) is 7.34. The van der Waals surface area contributed by atoms with Gasteiger partial charge in [0, 0.05) is 34.5 Å². The Morgan fingerprint density at radius 2 is 2.27 bits per heavy atom. The van der Waals surface area contributed by atoms with Crippen LogP contribution in [0.3, 0.4) is 0 Å². The van der Waals surface area contributed by atoms with E-state index in [1.165, 1.54) is 5.56 Å². The van der Waals surface area contributed by atoms with E-state index in [2.05, 4.69) is 36.4 Å². The lowest BCUT2D eigenvalue weighted by Crippen LogP contribution is -1.94. The minimum atomic E-state index is 0.973. The number of hydrogen-bond acceptors (Lipinski definition) is 3. The zero-order valence-corrected chi connectivity index (χ0v) is 9.50. The Labute approximate surface area is 95.2 Å². The highest BCUT2D eigenvalue weighted by Gasteiger charge is 2.19. The van der Waals surface area contributed by atoms with Crippen LogP contribution in [0.4, 0.5) is 5.82 Å². The number of nitrogens with zero attached hydrogens (tertiary/aromatic N) is 2. The first-order valence-electron chi connectivity index (χ1n) is 4.76. The minimum Gasteiger partial charge on any atom is -0.368 e. The fourth-order valence-electron chi connectivity index (χ4n) is 1.85. The number of nitrogens with one attached hydrogen (secondary N) is 2. The molecule has 0 saturated heterocycles. The number of hydrogen-bond donors (Lipinski definition) is 2. The van der Waals surface area contributed by atoms with Gasteiger partial charge in [0.2, 0.25) is 0 Å². The third-order valence-electron chi connectivity index (χ3n) is 2.53. The van der Waals surface area contributed by atoms with Gasteiger partial charge in [-0.3, -0.25) is 10.1 Å². The van der Waals surface area contributed by atoms with Crippen LogP contribution in [0.25, 0.3) is 11.3 Å². The van der Waals surface area contributed by atoms with Gasteiger partial charge in [-0.2, -0.15) is 5.10 Å². The van der Waals surface area contributed by atoms with E-state index in [0.29, 0.717) is 0 Å². The highest BCUT2D eigenvalue weighted by molar-refractivity contribution is 9.10. The summed E-state index contributed by atoms with van der Waals surface area (Å²) in [6, 6.07) is 2.04. The van der Waals surface area contributed by atoms with Crippen molar-refractivity contribution < 1.29 is 0 Å². The van der Waals surface area contributed by atoms with Gasteiger partial charge in [0.25, 0.3) is 0 Å². The van der Waals surface area contributed by atoms with Crippen molar-refractivity contribution in [3.8, 4) is 11.3 Å². The van der Waals surface area contributed by atoms with E-state index in [0.717, 1.165) is 34.5 Å². The van der Waals surface area contributed by atoms with Crippen molar-refractivity contribution >= 4 is 21.7 Å². The lowest BCUT2D eigenvalue weighted by atomic mass is 10.1. The SMILES string of the molecule is Brc1cncc(-c2[nH]nc3c2CCN3)c1. The zero-order chi connectivity index (χ0) is 10.3. The molecule has 0 unspecified atom stereocenters. The molecule has 0 aromatic carbocycles. The number of aromatic amines is 1. The third-order valence-corrected chi connectivity index (χ3v) is 2.96. The Bertz CT molecular complexity index is 506. The van der Waals surface area contributed by atoms with Crippen molar-refractivity contribution in [3.05, 3.63) is 28.5 Å².